The summed E-state index contributed by atoms with van der Waals surface area (Å²) >= 11 is 4.85. The summed E-state index contributed by atoms with van der Waals surface area (Å²) in [6.45, 7) is 0. The van der Waals surface area contributed by atoms with Gasteiger partial charge in [-0.1, -0.05) is 12.1 Å². The minimum atomic E-state index is -0.491. The van der Waals surface area contributed by atoms with Crippen LogP contribution in [0.15, 0.2) is 46.3 Å². The van der Waals surface area contributed by atoms with E-state index in [-0.39, 0.29) is 11.3 Å². The van der Waals surface area contributed by atoms with Crippen molar-refractivity contribution in [2.24, 2.45) is 0 Å². The van der Waals surface area contributed by atoms with E-state index in [1.165, 1.54) is 29.5 Å². The first kappa shape index (κ1) is 12.2. The van der Waals surface area contributed by atoms with Crippen LogP contribution < -0.4 is 0 Å². The number of allylic oxidation sites excluding steroid dienone is 1. The highest BCUT2D eigenvalue weighted by atomic mass is 79.9. The predicted octanol–water partition coefficient (Wildman–Crippen LogP) is 4.55. The van der Waals surface area contributed by atoms with Gasteiger partial charge in [0.05, 0.1) is 9.35 Å². The molecule has 0 unspecified atom stereocenters. The van der Waals surface area contributed by atoms with E-state index in [0.29, 0.717) is 0 Å². The van der Waals surface area contributed by atoms with Crippen molar-refractivity contribution >= 4 is 39.1 Å². The molecule has 0 radical (unpaired) electrons. The smallest absolute Gasteiger partial charge is 0.188 e. The van der Waals surface area contributed by atoms with Crippen LogP contribution in [0, 0.1) is 5.82 Å². The summed E-state index contributed by atoms with van der Waals surface area (Å²) in [7, 11) is 0. The fourth-order valence-corrected chi connectivity index (χ4v) is 2.65. The van der Waals surface area contributed by atoms with Crippen molar-refractivity contribution in [1.82, 2.24) is 0 Å². The number of benzene rings is 1. The molecule has 0 spiro atoms. The summed E-state index contributed by atoms with van der Waals surface area (Å²) in [4.78, 5) is 12.7. The maximum atomic E-state index is 13.3. The van der Waals surface area contributed by atoms with Crippen molar-refractivity contribution in [2.45, 2.75) is 0 Å². The Hall–Kier alpha value is -1.26. The number of carbonyl (C=O) groups excluding carboxylic acids is 1. The number of hydrogen-bond donors (Lipinski definition) is 0. The number of hydrogen-bond acceptors (Lipinski definition) is 2. The molecule has 1 aromatic heterocycles. The number of ketones is 1. The van der Waals surface area contributed by atoms with Crippen LogP contribution >= 0.6 is 27.3 Å². The van der Waals surface area contributed by atoms with Crippen LogP contribution in [-0.2, 0) is 0 Å². The molecular weight excluding hydrogens is 303 g/mol. The number of halogens is 2. The van der Waals surface area contributed by atoms with Crippen LogP contribution in [0.5, 0.6) is 0 Å². The van der Waals surface area contributed by atoms with Crippen molar-refractivity contribution in [3.63, 3.8) is 0 Å². The first-order valence-electron chi connectivity index (χ1n) is 4.89. The Morgan fingerprint density at radius 2 is 2.00 bits per heavy atom. The zero-order valence-electron chi connectivity index (χ0n) is 8.69. The van der Waals surface area contributed by atoms with Crippen LogP contribution in [0.3, 0.4) is 0 Å². The van der Waals surface area contributed by atoms with Crippen LogP contribution in [0.1, 0.15) is 15.2 Å². The zero-order valence-corrected chi connectivity index (χ0v) is 11.1. The molecule has 86 valence electrons. The molecule has 0 saturated carbocycles. The molecule has 0 fully saturated rings. The van der Waals surface area contributed by atoms with Crippen molar-refractivity contribution in [2.75, 3.05) is 0 Å². The van der Waals surface area contributed by atoms with E-state index in [0.717, 1.165) is 8.66 Å². The van der Waals surface area contributed by atoms with Gasteiger partial charge in [0.2, 0.25) is 0 Å². The van der Waals surface area contributed by atoms with Gasteiger partial charge in [-0.2, -0.15) is 0 Å². The standard InChI is InChI=1S/C13H8BrFOS/c14-13-8-6-9(17-13)5-7-12(16)10-3-1-2-4-11(10)15/h1-8H/b7-5+. The Kier molecular flexibility index (Phi) is 3.86. The summed E-state index contributed by atoms with van der Waals surface area (Å²) < 4.78 is 14.3. The summed E-state index contributed by atoms with van der Waals surface area (Å²) in [5.41, 5.74) is 0.0966. The third kappa shape index (κ3) is 3.11. The molecule has 1 nitrogen and oxygen atoms in total. The van der Waals surface area contributed by atoms with Crippen molar-refractivity contribution < 1.29 is 9.18 Å². The van der Waals surface area contributed by atoms with E-state index >= 15 is 0 Å². The Morgan fingerprint density at radius 1 is 1.24 bits per heavy atom. The van der Waals surface area contributed by atoms with Crippen LogP contribution in [0.2, 0.25) is 0 Å². The molecule has 17 heavy (non-hydrogen) atoms. The molecule has 1 aromatic carbocycles. The lowest BCUT2D eigenvalue weighted by atomic mass is 10.1. The van der Waals surface area contributed by atoms with E-state index in [9.17, 15) is 9.18 Å². The van der Waals surface area contributed by atoms with Gasteiger partial charge in [-0.25, -0.2) is 4.39 Å². The summed E-state index contributed by atoms with van der Waals surface area (Å²) in [5, 5.41) is 0. The molecular formula is C13H8BrFOS. The van der Waals surface area contributed by atoms with Crippen LogP contribution in [-0.4, -0.2) is 5.78 Å². The quantitative estimate of drug-likeness (QED) is 0.600. The number of thiophene rings is 1. The molecule has 4 heteroatoms. The van der Waals surface area contributed by atoms with E-state index < -0.39 is 5.82 Å². The molecule has 0 aliphatic heterocycles. The summed E-state index contributed by atoms with van der Waals surface area (Å²) in [6, 6.07) is 9.75. The maximum absolute atomic E-state index is 13.3. The zero-order chi connectivity index (χ0) is 12.3. The average molecular weight is 311 g/mol. The van der Waals surface area contributed by atoms with Crippen molar-refractivity contribution in [3.8, 4) is 0 Å². The first-order chi connectivity index (χ1) is 8.16. The number of carbonyl (C=O) groups is 1. The maximum Gasteiger partial charge on any atom is 0.188 e. The Labute approximate surface area is 111 Å². The highest BCUT2D eigenvalue weighted by molar-refractivity contribution is 9.11. The lowest BCUT2D eigenvalue weighted by molar-refractivity contribution is 0.104. The normalized spacial score (nSPS) is 10.9. The van der Waals surface area contributed by atoms with Gasteiger partial charge < -0.3 is 0 Å². The fourth-order valence-electron chi connectivity index (χ4n) is 1.33. The lowest BCUT2D eigenvalue weighted by Crippen LogP contribution is -1.97. The molecule has 2 aromatic rings. The average Bonchev–Trinajstić information content (AvgIpc) is 2.73. The van der Waals surface area contributed by atoms with E-state index in [1.807, 2.05) is 12.1 Å². The molecule has 0 aliphatic rings. The van der Waals surface area contributed by atoms with Gasteiger partial charge >= 0.3 is 0 Å². The molecule has 0 saturated heterocycles. The van der Waals surface area contributed by atoms with Gasteiger partial charge in [-0.3, -0.25) is 4.79 Å². The van der Waals surface area contributed by atoms with Crippen LogP contribution in [0.25, 0.3) is 6.08 Å². The predicted molar refractivity (Wildman–Crippen MR) is 71.8 cm³/mol. The molecule has 2 rings (SSSR count). The van der Waals surface area contributed by atoms with E-state index in [1.54, 1.807) is 18.2 Å². The Bertz CT molecular complexity index is 574. The second-order valence-electron chi connectivity index (χ2n) is 3.32. The third-order valence-corrected chi connectivity index (χ3v) is 3.72. The Balaban J connectivity index is 2.17. The molecule has 0 aliphatic carbocycles. The third-order valence-electron chi connectivity index (χ3n) is 2.13. The van der Waals surface area contributed by atoms with Crippen LogP contribution in [0.4, 0.5) is 4.39 Å². The Morgan fingerprint density at radius 3 is 2.65 bits per heavy atom. The minimum absolute atomic E-state index is 0.0966. The first-order valence-corrected chi connectivity index (χ1v) is 6.50. The van der Waals surface area contributed by atoms with Crippen molar-refractivity contribution in [3.05, 3.63) is 62.5 Å². The van der Waals surface area contributed by atoms with E-state index in [2.05, 4.69) is 15.9 Å². The lowest BCUT2D eigenvalue weighted by Gasteiger charge is -1.96. The second kappa shape index (κ2) is 5.38. The number of rotatable bonds is 3. The molecule has 0 N–H and O–H groups in total. The summed E-state index contributed by atoms with van der Waals surface area (Å²) in [6.07, 6.45) is 3.07. The molecule has 0 atom stereocenters. The highest BCUT2D eigenvalue weighted by Gasteiger charge is 2.07. The SMILES string of the molecule is O=C(/C=C/c1ccc(Br)s1)c1ccccc1F. The minimum Gasteiger partial charge on any atom is -0.289 e. The largest absolute Gasteiger partial charge is 0.289 e. The van der Waals surface area contributed by atoms with Gasteiger partial charge in [-0.05, 0) is 52.3 Å². The highest BCUT2D eigenvalue weighted by Crippen LogP contribution is 2.23. The van der Waals surface area contributed by atoms with Gasteiger partial charge in [0.1, 0.15) is 5.82 Å². The molecule has 1 heterocycles. The van der Waals surface area contributed by atoms with Gasteiger partial charge in [0.15, 0.2) is 5.78 Å². The topological polar surface area (TPSA) is 17.1 Å². The van der Waals surface area contributed by atoms with E-state index in [4.69, 9.17) is 0 Å². The van der Waals surface area contributed by atoms with Crippen molar-refractivity contribution in [1.29, 1.82) is 0 Å². The second-order valence-corrected chi connectivity index (χ2v) is 5.81. The van der Waals surface area contributed by atoms with Gasteiger partial charge in [0.25, 0.3) is 0 Å². The summed E-state index contributed by atoms with van der Waals surface area (Å²) in [5.74, 6) is -0.817. The van der Waals surface area contributed by atoms with Gasteiger partial charge in [-0.15, -0.1) is 11.3 Å². The molecule has 0 amide bonds. The molecule has 0 bridgehead atoms. The monoisotopic (exact) mass is 310 g/mol. The fraction of sp³-hybridized carbons (Fsp3) is 0. The van der Waals surface area contributed by atoms with Gasteiger partial charge in [0, 0.05) is 4.88 Å².